The molecule has 31 heavy (non-hydrogen) atoms. The summed E-state index contributed by atoms with van der Waals surface area (Å²) < 4.78 is 34.8. The minimum atomic E-state index is -0.894. The van der Waals surface area contributed by atoms with Crippen LogP contribution in [-0.4, -0.2) is 17.6 Å². The lowest BCUT2D eigenvalue weighted by Crippen LogP contribution is -2.14. The number of amides is 1. The number of halogens is 2. The molecule has 0 bridgehead atoms. The first-order valence-corrected chi connectivity index (χ1v) is 10.5. The first-order chi connectivity index (χ1) is 14.9. The molecule has 0 radical (unpaired) electrons. The number of benzene rings is 2. The number of carbonyl (C=O) groups is 1. The van der Waals surface area contributed by atoms with Gasteiger partial charge in [-0.25, -0.2) is 8.78 Å². The molecule has 0 spiro atoms. The molecule has 0 fully saturated rings. The molecule has 0 atom stereocenters. The lowest BCUT2D eigenvalue weighted by Gasteiger charge is -2.15. The molecular formula is C25H28F2N2O2. The van der Waals surface area contributed by atoms with Crippen molar-refractivity contribution in [2.24, 2.45) is 5.73 Å². The summed E-state index contributed by atoms with van der Waals surface area (Å²) in [7, 11) is 1.59. The fourth-order valence-electron chi connectivity index (χ4n) is 4.08. The van der Waals surface area contributed by atoms with Gasteiger partial charge < -0.3 is 15.0 Å². The van der Waals surface area contributed by atoms with Gasteiger partial charge in [-0.3, -0.25) is 4.79 Å². The van der Waals surface area contributed by atoms with E-state index in [0.29, 0.717) is 29.1 Å². The van der Waals surface area contributed by atoms with Crippen LogP contribution in [-0.2, 0) is 13.0 Å². The Balaban J connectivity index is 2.23. The molecule has 1 aromatic heterocycles. The van der Waals surface area contributed by atoms with Gasteiger partial charge in [0.2, 0.25) is 0 Å². The summed E-state index contributed by atoms with van der Waals surface area (Å²) in [6.45, 7) is 4.27. The SMILES string of the molecule is CCCCCc1c(-c2ccccc2OC)c(C(N)=O)c(C)n1Cc1ccc(F)c(F)c1. The molecular weight excluding hydrogens is 398 g/mol. The van der Waals surface area contributed by atoms with Crippen molar-refractivity contribution in [3.05, 3.63) is 76.6 Å². The van der Waals surface area contributed by atoms with Gasteiger partial charge in [0.1, 0.15) is 5.75 Å². The van der Waals surface area contributed by atoms with Crippen molar-refractivity contribution in [1.82, 2.24) is 4.57 Å². The Hall–Kier alpha value is -3.15. The van der Waals surface area contributed by atoms with Gasteiger partial charge in [0.15, 0.2) is 11.6 Å². The summed E-state index contributed by atoms with van der Waals surface area (Å²) >= 11 is 0. The van der Waals surface area contributed by atoms with E-state index < -0.39 is 17.5 Å². The molecule has 3 aromatic rings. The summed E-state index contributed by atoms with van der Waals surface area (Å²) in [6, 6.07) is 11.4. The second-order valence-corrected chi connectivity index (χ2v) is 7.64. The Bertz CT molecular complexity index is 1090. The van der Waals surface area contributed by atoms with Crippen molar-refractivity contribution in [3.8, 4) is 16.9 Å². The molecule has 0 aliphatic rings. The van der Waals surface area contributed by atoms with E-state index in [-0.39, 0.29) is 0 Å². The van der Waals surface area contributed by atoms with Gasteiger partial charge in [0.05, 0.1) is 12.7 Å². The maximum Gasteiger partial charge on any atom is 0.251 e. The molecule has 0 saturated heterocycles. The molecule has 0 aliphatic heterocycles. The molecule has 6 heteroatoms. The molecule has 3 rings (SSSR count). The van der Waals surface area contributed by atoms with Crippen LogP contribution in [0, 0.1) is 18.6 Å². The van der Waals surface area contributed by atoms with E-state index in [0.717, 1.165) is 48.6 Å². The average molecular weight is 427 g/mol. The van der Waals surface area contributed by atoms with Crippen LogP contribution in [0.1, 0.15) is 53.5 Å². The van der Waals surface area contributed by atoms with E-state index in [9.17, 15) is 13.6 Å². The maximum absolute atomic E-state index is 13.8. The van der Waals surface area contributed by atoms with E-state index in [2.05, 4.69) is 6.92 Å². The van der Waals surface area contributed by atoms with Crippen molar-refractivity contribution >= 4 is 5.91 Å². The van der Waals surface area contributed by atoms with Crippen molar-refractivity contribution in [1.29, 1.82) is 0 Å². The number of primary amides is 1. The van der Waals surface area contributed by atoms with Crippen LogP contribution in [0.15, 0.2) is 42.5 Å². The molecule has 164 valence electrons. The Morgan fingerprint density at radius 3 is 2.48 bits per heavy atom. The monoisotopic (exact) mass is 426 g/mol. The second-order valence-electron chi connectivity index (χ2n) is 7.64. The summed E-state index contributed by atoms with van der Waals surface area (Å²) in [5, 5.41) is 0. The van der Waals surface area contributed by atoms with Gasteiger partial charge in [-0.1, -0.05) is 44.0 Å². The first-order valence-electron chi connectivity index (χ1n) is 10.5. The third kappa shape index (κ3) is 4.63. The zero-order chi connectivity index (χ0) is 22.5. The van der Waals surface area contributed by atoms with Gasteiger partial charge in [-0.15, -0.1) is 0 Å². The number of aromatic nitrogens is 1. The number of hydrogen-bond acceptors (Lipinski definition) is 2. The second kappa shape index (κ2) is 9.77. The van der Waals surface area contributed by atoms with Gasteiger partial charge in [0.25, 0.3) is 5.91 Å². The number of methoxy groups -OCH3 is 1. The quantitative estimate of drug-likeness (QED) is 0.451. The highest BCUT2D eigenvalue weighted by Crippen LogP contribution is 2.39. The Labute approximate surface area is 181 Å². The first kappa shape index (κ1) is 22.5. The molecule has 1 amide bonds. The fraction of sp³-hybridized carbons (Fsp3) is 0.320. The number of unbranched alkanes of at least 4 members (excludes halogenated alkanes) is 2. The molecule has 2 N–H and O–H groups in total. The van der Waals surface area contributed by atoms with Crippen LogP contribution in [0.4, 0.5) is 8.78 Å². The van der Waals surface area contributed by atoms with E-state index in [1.165, 1.54) is 6.07 Å². The number of carbonyl (C=O) groups excluding carboxylic acids is 1. The highest BCUT2D eigenvalue weighted by molar-refractivity contribution is 6.03. The fourth-order valence-corrected chi connectivity index (χ4v) is 4.08. The van der Waals surface area contributed by atoms with E-state index in [1.807, 2.05) is 35.8 Å². The minimum absolute atomic E-state index is 0.305. The predicted octanol–water partition coefficient (Wildman–Crippen LogP) is 5.63. The lowest BCUT2D eigenvalue weighted by atomic mass is 9.96. The molecule has 4 nitrogen and oxygen atoms in total. The van der Waals surface area contributed by atoms with Crippen LogP contribution in [0.5, 0.6) is 5.75 Å². The zero-order valence-electron chi connectivity index (χ0n) is 18.2. The molecule has 2 aromatic carbocycles. The number of nitrogens with zero attached hydrogens (tertiary/aromatic N) is 1. The van der Waals surface area contributed by atoms with Crippen LogP contribution in [0.25, 0.3) is 11.1 Å². The predicted molar refractivity (Wildman–Crippen MR) is 118 cm³/mol. The summed E-state index contributed by atoms with van der Waals surface area (Å²) in [6.07, 6.45) is 3.74. The molecule has 0 saturated carbocycles. The van der Waals surface area contributed by atoms with Crippen LogP contribution < -0.4 is 10.5 Å². The number of ether oxygens (including phenoxy) is 1. The molecule has 0 unspecified atom stereocenters. The highest BCUT2D eigenvalue weighted by atomic mass is 19.2. The lowest BCUT2D eigenvalue weighted by molar-refractivity contribution is 0.1000. The number of rotatable bonds is 9. The van der Waals surface area contributed by atoms with Gasteiger partial charge in [-0.05, 0) is 43.5 Å². The van der Waals surface area contributed by atoms with Crippen molar-refractivity contribution in [2.75, 3.05) is 7.11 Å². The number of para-hydroxylation sites is 1. The van der Waals surface area contributed by atoms with Crippen molar-refractivity contribution in [3.63, 3.8) is 0 Å². The minimum Gasteiger partial charge on any atom is -0.496 e. The topological polar surface area (TPSA) is 57.2 Å². The number of nitrogens with two attached hydrogens (primary N) is 1. The average Bonchev–Trinajstić information content (AvgIpc) is 3.02. The van der Waals surface area contributed by atoms with Crippen molar-refractivity contribution in [2.45, 2.75) is 46.1 Å². The van der Waals surface area contributed by atoms with E-state index in [4.69, 9.17) is 10.5 Å². The van der Waals surface area contributed by atoms with Crippen molar-refractivity contribution < 1.29 is 18.3 Å². The highest BCUT2D eigenvalue weighted by Gasteiger charge is 2.26. The van der Waals surface area contributed by atoms with Crippen LogP contribution in [0.2, 0.25) is 0 Å². The smallest absolute Gasteiger partial charge is 0.251 e. The standard InChI is InChI=1S/C25H28F2N2O2/c1-4-5-6-10-21-24(18-9-7-8-11-22(18)31-3)23(25(28)30)16(2)29(21)15-17-12-13-19(26)20(27)14-17/h7-9,11-14H,4-6,10,15H2,1-3H3,(H2,28,30). The molecule has 0 aliphatic carbocycles. The molecule has 1 heterocycles. The van der Waals surface area contributed by atoms with Gasteiger partial charge in [0, 0.05) is 29.1 Å². The summed E-state index contributed by atoms with van der Waals surface area (Å²) in [5.74, 6) is -1.66. The maximum atomic E-state index is 13.8. The Morgan fingerprint density at radius 2 is 1.84 bits per heavy atom. The Kier molecular flexibility index (Phi) is 7.10. The van der Waals surface area contributed by atoms with E-state index >= 15 is 0 Å². The summed E-state index contributed by atoms with van der Waals surface area (Å²) in [5.41, 5.74) is 10.0. The Morgan fingerprint density at radius 1 is 1.10 bits per heavy atom. The van der Waals surface area contributed by atoms with Crippen LogP contribution >= 0.6 is 0 Å². The van der Waals surface area contributed by atoms with Gasteiger partial charge in [-0.2, -0.15) is 0 Å². The van der Waals surface area contributed by atoms with E-state index in [1.54, 1.807) is 13.2 Å². The normalized spacial score (nSPS) is 11.0. The van der Waals surface area contributed by atoms with Gasteiger partial charge >= 0.3 is 0 Å². The van der Waals surface area contributed by atoms with Crippen LogP contribution in [0.3, 0.4) is 0 Å². The summed E-state index contributed by atoms with van der Waals surface area (Å²) in [4.78, 5) is 12.5. The number of hydrogen-bond donors (Lipinski definition) is 1. The zero-order valence-corrected chi connectivity index (χ0v) is 18.2. The largest absolute Gasteiger partial charge is 0.496 e. The third-order valence-corrected chi connectivity index (χ3v) is 5.60. The third-order valence-electron chi connectivity index (χ3n) is 5.60.